The van der Waals surface area contributed by atoms with Crippen LogP contribution in [0.1, 0.15) is 5.56 Å². The van der Waals surface area contributed by atoms with Crippen molar-refractivity contribution in [2.24, 2.45) is 0 Å². The van der Waals surface area contributed by atoms with E-state index in [2.05, 4.69) is 5.32 Å². The quantitative estimate of drug-likeness (QED) is 0.876. The lowest BCUT2D eigenvalue weighted by atomic mass is 10.1. The number of hydrogen-bond acceptors (Lipinski definition) is 4. The van der Waals surface area contributed by atoms with Crippen molar-refractivity contribution >= 4 is 17.3 Å². The molecule has 0 amide bonds. The van der Waals surface area contributed by atoms with E-state index in [4.69, 9.17) is 25.8 Å². The molecule has 0 spiro atoms. The van der Waals surface area contributed by atoms with Crippen molar-refractivity contribution in [1.82, 2.24) is 0 Å². The van der Waals surface area contributed by atoms with E-state index in [1.165, 1.54) is 0 Å². The zero-order valence-electron chi connectivity index (χ0n) is 12.3. The summed E-state index contributed by atoms with van der Waals surface area (Å²) in [5.41, 5.74) is 1.89. The number of para-hydroxylation sites is 1. The van der Waals surface area contributed by atoms with Gasteiger partial charge in [0.15, 0.2) is 11.5 Å². The predicted octanol–water partition coefficient (Wildman–Crippen LogP) is 3.98. The third kappa shape index (κ3) is 3.52. The van der Waals surface area contributed by atoms with Gasteiger partial charge in [0.25, 0.3) is 0 Å². The van der Waals surface area contributed by atoms with E-state index >= 15 is 0 Å². The molecule has 112 valence electrons. The van der Waals surface area contributed by atoms with E-state index in [-0.39, 0.29) is 0 Å². The van der Waals surface area contributed by atoms with Crippen LogP contribution < -0.4 is 19.5 Å². The van der Waals surface area contributed by atoms with E-state index in [0.717, 1.165) is 11.3 Å². The number of benzene rings is 2. The number of anilines is 1. The number of ether oxygens (including phenoxy) is 3. The summed E-state index contributed by atoms with van der Waals surface area (Å²) in [6.07, 6.45) is 0. The molecule has 0 atom stereocenters. The van der Waals surface area contributed by atoms with Gasteiger partial charge < -0.3 is 19.5 Å². The van der Waals surface area contributed by atoms with Gasteiger partial charge in [-0.05, 0) is 29.8 Å². The largest absolute Gasteiger partial charge is 0.493 e. The van der Waals surface area contributed by atoms with Crippen molar-refractivity contribution in [3.05, 3.63) is 47.0 Å². The summed E-state index contributed by atoms with van der Waals surface area (Å²) in [4.78, 5) is 0. The lowest BCUT2D eigenvalue weighted by molar-refractivity contribution is 0.324. The Labute approximate surface area is 129 Å². The molecule has 0 radical (unpaired) electrons. The standard InChI is InChI=1S/C16H18ClNO3/c1-19-14-8-11(9-15(20-2)16(14)21-3)10-18-13-7-5-4-6-12(13)17/h4-9,18H,10H2,1-3H3. The number of nitrogens with one attached hydrogen (secondary N) is 1. The number of halogens is 1. The fraction of sp³-hybridized carbons (Fsp3) is 0.250. The van der Waals surface area contributed by atoms with E-state index in [0.29, 0.717) is 28.8 Å². The first kappa shape index (κ1) is 15.3. The van der Waals surface area contributed by atoms with Crippen molar-refractivity contribution in [2.75, 3.05) is 26.6 Å². The summed E-state index contributed by atoms with van der Waals surface area (Å²) in [6.45, 7) is 0.598. The van der Waals surface area contributed by atoms with Crippen LogP contribution in [-0.2, 0) is 6.54 Å². The van der Waals surface area contributed by atoms with Gasteiger partial charge in [0.2, 0.25) is 5.75 Å². The summed E-state index contributed by atoms with van der Waals surface area (Å²) in [7, 11) is 4.78. The van der Waals surface area contributed by atoms with Crippen LogP contribution in [0.15, 0.2) is 36.4 Å². The fourth-order valence-electron chi connectivity index (χ4n) is 2.04. The normalized spacial score (nSPS) is 10.1. The first-order chi connectivity index (χ1) is 10.2. The minimum atomic E-state index is 0.585. The zero-order chi connectivity index (χ0) is 15.2. The van der Waals surface area contributed by atoms with Gasteiger partial charge in [-0.1, -0.05) is 23.7 Å². The Bertz CT molecular complexity index is 591. The van der Waals surface area contributed by atoms with Crippen molar-refractivity contribution in [2.45, 2.75) is 6.54 Å². The van der Waals surface area contributed by atoms with Gasteiger partial charge in [-0.3, -0.25) is 0 Å². The average molecular weight is 308 g/mol. The van der Waals surface area contributed by atoms with Crippen LogP contribution in [0.3, 0.4) is 0 Å². The molecule has 5 heteroatoms. The molecular formula is C16H18ClNO3. The molecule has 0 unspecified atom stereocenters. The molecule has 4 nitrogen and oxygen atoms in total. The number of methoxy groups -OCH3 is 3. The molecule has 2 rings (SSSR count). The minimum absolute atomic E-state index is 0.585. The second kappa shape index (κ2) is 7.09. The number of hydrogen-bond donors (Lipinski definition) is 1. The second-order valence-electron chi connectivity index (χ2n) is 4.37. The summed E-state index contributed by atoms with van der Waals surface area (Å²) in [6, 6.07) is 11.4. The van der Waals surface area contributed by atoms with Crippen LogP contribution in [-0.4, -0.2) is 21.3 Å². The van der Waals surface area contributed by atoms with Crippen LogP contribution in [0, 0.1) is 0 Å². The minimum Gasteiger partial charge on any atom is -0.493 e. The Morgan fingerprint density at radius 2 is 1.57 bits per heavy atom. The van der Waals surface area contributed by atoms with E-state index in [1.807, 2.05) is 36.4 Å². The van der Waals surface area contributed by atoms with Gasteiger partial charge in [0.1, 0.15) is 0 Å². The SMILES string of the molecule is COc1cc(CNc2ccccc2Cl)cc(OC)c1OC. The third-order valence-electron chi connectivity index (χ3n) is 3.08. The highest BCUT2D eigenvalue weighted by Gasteiger charge is 2.13. The van der Waals surface area contributed by atoms with Gasteiger partial charge >= 0.3 is 0 Å². The Hall–Kier alpha value is -2.07. The summed E-state index contributed by atoms with van der Waals surface area (Å²) in [5.74, 6) is 1.85. The molecule has 2 aromatic rings. The molecule has 0 aliphatic heterocycles. The molecule has 0 heterocycles. The van der Waals surface area contributed by atoms with E-state index in [1.54, 1.807) is 21.3 Å². The lowest BCUT2D eigenvalue weighted by Gasteiger charge is -2.15. The maximum absolute atomic E-state index is 6.12. The Morgan fingerprint density at radius 3 is 2.10 bits per heavy atom. The number of rotatable bonds is 6. The lowest BCUT2D eigenvalue weighted by Crippen LogP contribution is -2.02. The molecule has 0 saturated carbocycles. The molecular weight excluding hydrogens is 290 g/mol. The van der Waals surface area contributed by atoms with Gasteiger partial charge in [-0.25, -0.2) is 0 Å². The first-order valence-corrected chi connectivity index (χ1v) is 6.84. The molecule has 0 aromatic heterocycles. The average Bonchev–Trinajstić information content (AvgIpc) is 2.52. The van der Waals surface area contributed by atoms with Gasteiger partial charge in [-0.2, -0.15) is 0 Å². The van der Waals surface area contributed by atoms with E-state index in [9.17, 15) is 0 Å². The fourth-order valence-corrected chi connectivity index (χ4v) is 2.24. The van der Waals surface area contributed by atoms with Crippen molar-refractivity contribution < 1.29 is 14.2 Å². The van der Waals surface area contributed by atoms with Crippen LogP contribution in [0.25, 0.3) is 0 Å². The highest BCUT2D eigenvalue weighted by molar-refractivity contribution is 6.33. The second-order valence-corrected chi connectivity index (χ2v) is 4.77. The molecule has 1 N–H and O–H groups in total. The molecule has 2 aromatic carbocycles. The summed E-state index contributed by atoms with van der Waals surface area (Å²) >= 11 is 6.12. The maximum Gasteiger partial charge on any atom is 0.203 e. The smallest absolute Gasteiger partial charge is 0.203 e. The van der Waals surface area contributed by atoms with E-state index < -0.39 is 0 Å². The van der Waals surface area contributed by atoms with Gasteiger partial charge in [-0.15, -0.1) is 0 Å². The Morgan fingerprint density at radius 1 is 0.952 bits per heavy atom. The van der Waals surface area contributed by atoms with Crippen LogP contribution >= 0.6 is 11.6 Å². The Balaban J connectivity index is 2.22. The summed E-state index contributed by atoms with van der Waals surface area (Å²) in [5, 5.41) is 3.97. The molecule has 0 saturated heterocycles. The monoisotopic (exact) mass is 307 g/mol. The molecule has 0 bridgehead atoms. The van der Waals surface area contributed by atoms with Crippen LogP contribution in [0.5, 0.6) is 17.2 Å². The molecule has 0 fully saturated rings. The van der Waals surface area contributed by atoms with Crippen LogP contribution in [0.4, 0.5) is 5.69 Å². The highest BCUT2D eigenvalue weighted by Crippen LogP contribution is 2.38. The third-order valence-corrected chi connectivity index (χ3v) is 3.41. The molecule has 0 aliphatic rings. The first-order valence-electron chi connectivity index (χ1n) is 6.47. The molecule has 21 heavy (non-hydrogen) atoms. The maximum atomic E-state index is 6.12. The topological polar surface area (TPSA) is 39.7 Å². The molecule has 0 aliphatic carbocycles. The van der Waals surface area contributed by atoms with Crippen molar-refractivity contribution in [1.29, 1.82) is 0 Å². The zero-order valence-corrected chi connectivity index (χ0v) is 13.0. The predicted molar refractivity (Wildman–Crippen MR) is 84.9 cm³/mol. The van der Waals surface area contributed by atoms with Gasteiger partial charge in [0, 0.05) is 6.54 Å². The Kier molecular flexibility index (Phi) is 5.17. The van der Waals surface area contributed by atoms with Crippen molar-refractivity contribution in [3.63, 3.8) is 0 Å². The van der Waals surface area contributed by atoms with Crippen molar-refractivity contribution in [3.8, 4) is 17.2 Å². The summed E-state index contributed by atoms with van der Waals surface area (Å²) < 4.78 is 16.0. The highest BCUT2D eigenvalue weighted by atomic mass is 35.5. The van der Waals surface area contributed by atoms with Crippen LogP contribution in [0.2, 0.25) is 5.02 Å². The van der Waals surface area contributed by atoms with Gasteiger partial charge in [0.05, 0.1) is 32.0 Å².